The quantitative estimate of drug-likeness (QED) is 0.730. The third-order valence-electron chi connectivity index (χ3n) is 7.70. The minimum absolute atomic E-state index is 0.0132. The minimum Gasteiger partial charge on any atom is -0.379 e. The van der Waals surface area contributed by atoms with Crippen molar-refractivity contribution >= 4 is 16.8 Å². The van der Waals surface area contributed by atoms with Gasteiger partial charge in [0.05, 0.1) is 18.7 Å². The van der Waals surface area contributed by atoms with Gasteiger partial charge in [-0.3, -0.25) is 19.4 Å². The number of piperidine rings is 1. The second-order valence-corrected chi connectivity index (χ2v) is 10.1. The number of morpholine rings is 1. The molecule has 0 aliphatic carbocycles. The first-order chi connectivity index (χ1) is 16.0. The van der Waals surface area contributed by atoms with Crippen molar-refractivity contribution in [3.8, 4) is 0 Å². The van der Waals surface area contributed by atoms with Crippen LogP contribution in [0.2, 0.25) is 0 Å². The van der Waals surface area contributed by atoms with E-state index < -0.39 is 0 Å². The fourth-order valence-corrected chi connectivity index (χ4v) is 6.06. The molecule has 3 saturated heterocycles. The number of pyridine rings is 1. The molecule has 7 nitrogen and oxygen atoms in total. The highest BCUT2D eigenvalue weighted by atomic mass is 16.5. The topological polar surface area (TPSA) is 66.8 Å². The monoisotopic (exact) mass is 452 g/mol. The Balaban J connectivity index is 1.26. The van der Waals surface area contributed by atoms with Crippen molar-refractivity contribution in [2.24, 2.45) is 0 Å². The summed E-state index contributed by atoms with van der Waals surface area (Å²) in [5.74, 6) is -0.230. The molecule has 178 valence electrons. The van der Waals surface area contributed by atoms with Crippen molar-refractivity contribution < 1.29 is 9.53 Å². The number of nitrogens with one attached hydrogen (secondary N) is 1. The van der Waals surface area contributed by atoms with Gasteiger partial charge in [0.1, 0.15) is 5.56 Å². The van der Waals surface area contributed by atoms with E-state index in [0.717, 1.165) is 63.1 Å². The van der Waals surface area contributed by atoms with E-state index in [0.29, 0.717) is 12.1 Å². The molecule has 3 fully saturated rings. The summed E-state index contributed by atoms with van der Waals surface area (Å²) >= 11 is 0. The summed E-state index contributed by atoms with van der Waals surface area (Å²) < 4.78 is 7.21. The average molecular weight is 453 g/mol. The Morgan fingerprint density at radius 2 is 1.79 bits per heavy atom. The Morgan fingerprint density at radius 3 is 2.48 bits per heavy atom. The number of carbonyl (C=O) groups is 1. The van der Waals surface area contributed by atoms with Crippen LogP contribution in [0, 0.1) is 0 Å². The number of hydrogen-bond donors (Lipinski definition) is 1. The lowest BCUT2D eigenvalue weighted by atomic mass is 9.96. The number of nitrogens with zero attached hydrogens (tertiary/aromatic N) is 3. The molecule has 0 radical (unpaired) electrons. The molecule has 2 aromatic rings. The summed E-state index contributed by atoms with van der Waals surface area (Å²) in [4.78, 5) is 31.6. The second-order valence-electron chi connectivity index (χ2n) is 10.1. The number of hydrogen-bond acceptors (Lipinski definition) is 5. The Hall–Kier alpha value is -2.22. The largest absolute Gasteiger partial charge is 0.379 e. The highest BCUT2D eigenvalue weighted by Gasteiger charge is 2.41. The SMILES string of the molecule is CC(C)n1c(=O)c(C(=O)NC2C[C@H]3CC[C@@H](C2)N3CCN2CCOCC2)cc2ccccc21. The summed E-state index contributed by atoms with van der Waals surface area (Å²) in [5, 5.41) is 4.15. The molecule has 1 aromatic carbocycles. The van der Waals surface area contributed by atoms with Gasteiger partial charge in [-0.15, -0.1) is 0 Å². The molecule has 3 aliphatic rings. The van der Waals surface area contributed by atoms with E-state index in [2.05, 4.69) is 15.1 Å². The number of rotatable bonds is 6. The molecular weight excluding hydrogens is 416 g/mol. The van der Waals surface area contributed by atoms with E-state index in [1.165, 1.54) is 12.8 Å². The van der Waals surface area contributed by atoms with Crippen LogP contribution in [-0.4, -0.2) is 77.8 Å². The second kappa shape index (κ2) is 9.57. The van der Waals surface area contributed by atoms with E-state index in [1.54, 1.807) is 10.6 Å². The zero-order chi connectivity index (χ0) is 22.9. The van der Waals surface area contributed by atoms with Crippen LogP contribution in [-0.2, 0) is 4.74 Å². The number of ether oxygens (including phenoxy) is 1. The van der Waals surface area contributed by atoms with Crippen LogP contribution < -0.4 is 10.9 Å². The van der Waals surface area contributed by atoms with E-state index in [9.17, 15) is 9.59 Å². The van der Waals surface area contributed by atoms with Gasteiger partial charge in [0.2, 0.25) is 0 Å². The molecule has 0 saturated carbocycles. The van der Waals surface area contributed by atoms with E-state index in [-0.39, 0.29) is 29.1 Å². The van der Waals surface area contributed by atoms with Gasteiger partial charge < -0.3 is 14.6 Å². The van der Waals surface area contributed by atoms with E-state index in [1.807, 2.05) is 38.1 Å². The summed E-state index contributed by atoms with van der Waals surface area (Å²) in [6.07, 6.45) is 4.35. The molecule has 2 bridgehead atoms. The molecule has 1 aromatic heterocycles. The number of aromatic nitrogens is 1. The van der Waals surface area contributed by atoms with Gasteiger partial charge in [0.25, 0.3) is 11.5 Å². The molecule has 1 N–H and O–H groups in total. The lowest BCUT2D eigenvalue weighted by Gasteiger charge is -2.40. The third-order valence-corrected chi connectivity index (χ3v) is 7.70. The van der Waals surface area contributed by atoms with Crippen LogP contribution in [0.25, 0.3) is 10.9 Å². The van der Waals surface area contributed by atoms with Crippen molar-refractivity contribution in [3.63, 3.8) is 0 Å². The standard InChI is InChI=1S/C26H36N4O3/c1-18(2)30-24-6-4-3-5-19(24)15-23(26(30)32)25(31)27-20-16-21-7-8-22(17-20)29(21)10-9-28-11-13-33-14-12-28/h3-6,15,18,20-22H,7-14,16-17H2,1-2H3,(H,27,31)/t20?,21-,22+. The molecule has 33 heavy (non-hydrogen) atoms. The van der Waals surface area contributed by atoms with Gasteiger partial charge >= 0.3 is 0 Å². The molecule has 3 atom stereocenters. The lowest BCUT2D eigenvalue weighted by molar-refractivity contribution is 0.0257. The van der Waals surface area contributed by atoms with Crippen molar-refractivity contribution in [1.82, 2.24) is 19.7 Å². The zero-order valence-corrected chi connectivity index (χ0v) is 19.8. The summed E-state index contributed by atoms with van der Waals surface area (Å²) in [7, 11) is 0. The smallest absolute Gasteiger partial charge is 0.264 e. The van der Waals surface area contributed by atoms with E-state index >= 15 is 0 Å². The number of fused-ring (bicyclic) bond motifs is 3. The Kier molecular flexibility index (Phi) is 6.54. The van der Waals surface area contributed by atoms with Crippen molar-refractivity contribution in [2.45, 2.75) is 63.7 Å². The first kappa shape index (κ1) is 22.6. The van der Waals surface area contributed by atoms with E-state index in [4.69, 9.17) is 4.74 Å². The molecule has 4 heterocycles. The van der Waals surface area contributed by atoms with Gasteiger partial charge in [-0.25, -0.2) is 0 Å². The van der Waals surface area contributed by atoms with Crippen LogP contribution in [0.5, 0.6) is 0 Å². The maximum absolute atomic E-state index is 13.2. The molecule has 1 unspecified atom stereocenters. The highest BCUT2D eigenvalue weighted by Crippen LogP contribution is 2.35. The van der Waals surface area contributed by atoms with Crippen LogP contribution in [0.4, 0.5) is 0 Å². The predicted octanol–water partition coefficient (Wildman–Crippen LogP) is 2.64. The van der Waals surface area contributed by atoms with Crippen LogP contribution in [0.1, 0.15) is 55.9 Å². The maximum Gasteiger partial charge on any atom is 0.264 e. The summed E-state index contributed by atoms with van der Waals surface area (Å²) in [5.41, 5.74) is 0.928. The first-order valence-electron chi connectivity index (χ1n) is 12.5. The molecular formula is C26H36N4O3. The Labute approximate surface area is 195 Å². The number of para-hydroxylation sites is 1. The molecule has 5 rings (SSSR count). The summed E-state index contributed by atoms with van der Waals surface area (Å²) in [6, 6.07) is 10.7. The first-order valence-corrected chi connectivity index (χ1v) is 12.5. The Morgan fingerprint density at radius 1 is 1.09 bits per heavy atom. The van der Waals surface area contributed by atoms with Gasteiger partial charge in [0.15, 0.2) is 0 Å². The average Bonchev–Trinajstić information content (AvgIpc) is 3.05. The van der Waals surface area contributed by atoms with Gasteiger partial charge in [0, 0.05) is 50.3 Å². The van der Waals surface area contributed by atoms with Crippen LogP contribution >= 0.6 is 0 Å². The predicted molar refractivity (Wildman–Crippen MR) is 130 cm³/mol. The van der Waals surface area contributed by atoms with Gasteiger partial charge in [-0.05, 0) is 57.0 Å². The fourth-order valence-electron chi connectivity index (χ4n) is 6.06. The number of benzene rings is 1. The number of carbonyl (C=O) groups excluding carboxylic acids is 1. The zero-order valence-electron chi connectivity index (χ0n) is 19.8. The third kappa shape index (κ3) is 4.59. The highest BCUT2D eigenvalue weighted by molar-refractivity contribution is 5.97. The van der Waals surface area contributed by atoms with Crippen molar-refractivity contribution in [3.05, 3.63) is 46.2 Å². The molecule has 1 amide bonds. The number of amides is 1. The molecule has 7 heteroatoms. The van der Waals surface area contributed by atoms with Crippen molar-refractivity contribution in [1.29, 1.82) is 0 Å². The minimum atomic E-state index is -0.230. The molecule has 0 spiro atoms. The summed E-state index contributed by atoms with van der Waals surface area (Å²) in [6.45, 7) is 9.91. The van der Waals surface area contributed by atoms with Gasteiger partial charge in [-0.1, -0.05) is 18.2 Å². The van der Waals surface area contributed by atoms with Crippen LogP contribution in [0.15, 0.2) is 35.1 Å². The maximum atomic E-state index is 13.2. The normalized spacial score (nSPS) is 26.2. The molecule has 3 aliphatic heterocycles. The van der Waals surface area contributed by atoms with Crippen LogP contribution in [0.3, 0.4) is 0 Å². The van der Waals surface area contributed by atoms with Gasteiger partial charge in [-0.2, -0.15) is 0 Å². The fraction of sp³-hybridized carbons (Fsp3) is 0.615. The Bertz CT molecular complexity index is 1050. The van der Waals surface area contributed by atoms with Crippen molar-refractivity contribution in [2.75, 3.05) is 39.4 Å². The lowest BCUT2D eigenvalue weighted by Crippen LogP contribution is -2.53.